The van der Waals surface area contributed by atoms with Gasteiger partial charge < -0.3 is 53.1 Å². The standard InChI is InChI=1S/C24H19N3O2.C17H14N2O2.C10H10N4O2.C9H7N5/c1-27-20-9-5-4-8-17(20)18-13-15(10-11-21(18)27)26-24(29)19-12-14-6-2-3-7-16(14)22(25)23(19)28;18-15-13-9-5-4-6-11(13)10-14(16(15)20)17(21)19-12-7-2-1-3-8-12;1-16-10(15)7-6-13-14(9(7)11)8-4-2-3-5-12-8;10-5-7-6-13-14(9(7)11)8-3-1-2-4-12-8/h2-13,28H,25H2,1H3,(H,26,29);1-10,20H,18H2,(H,19,21);2-6H,11H2,1H3;1-4,6H,11H2. The van der Waals surface area contributed by atoms with Crippen molar-refractivity contribution in [3.63, 3.8) is 0 Å². The quantitative estimate of drug-likeness (QED) is 0.0418. The number of aromatic nitrogens is 7. The fourth-order valence-electron chi connectivity index (χ4n) is 8.63. The van der Waals surface area contributed by atoms with Gasteiger partial charge in [0.2, 0.25) is 0 Å². The number of carbonyl (C=O) groups excluding carboxylic acids is 3. The van der Waals surface area contributed by atoms with Gasteiger partial charge in [-0.3, -0.25) is 9.59 Å². The number of benzene rings is 7. The zero-order chi connectivity index (χ0) is 56.5. The Labute approximate surface area is 456 Å². The first-order valence-corrected chi connectivity index (χ1v) is 24.4. The number of esters is 1. The molecule has 0 unspecified atom stereocenters. The number of nitrogen functional groups attached to an aromatic ring is 4. The van der Waals surface area contributed by atoms with Crippen molar-refractivity contribution in [3.05, 3.63) is 217 Å². The van der Waals surface area contributed by atoms with Crippen molar-refractivity contribution in [1.29, 1.82) is 5.26 Å². The molecule has 2 amide bonds. The van der Waals surface area contributed by atoms with Crippen LogP contribution in [0, 0.1) is 11.3 Å². The summed E-state index contributed by atoms with van der Waals surface area (Å²) in [6.45, 7) is 0. The topological polar surface area (TPSA) is 319 Å². The third-order valence-corrected chi connectivity index (χ3v) is 12.7. The molecular formula is C60H50N14O6. The number of para-hydroxylation sites is 2. The first-order chi connectivity index (χ1) is 38.8. The third-order valence-electron chi connectivity index (χ3n) is 12.7. The first-order valence-electron chi connectivity index (χ1n) is 24.4. The molecule has 0 aliphatic carbocycles. The highest BCUT2D eigenvalue weighted by molar-refractivity contribution is 6.14. The van der Waals surface area contributed by atoms with Gasteiger partial charge in [-0.15, -0.1) is 0 Å². The smallest absolute Gasteiger partial charge is 0.343 e. The number of hydrogen-bond acceptors (Lipinski definition) is 15. The van der Waals surface area contributed by atoms with E-state index in [1.807, 2.05) is 116 Å². The molecule has 0 spiro atoms. The normalized spacial score (nSPS) is 10.6. The number of carbonyl (C=O) groups is 3. The molecule has 396 valence electrons. The number of hydrogen-bond donors (Lipinski definition) is 8. The summed E-state index contributed by atoms with van der Waals surface area (Å²) < 4.78 is 9.52. The summed E-state index contributed by atoms with van der Waals surface area (Å²) in [5.41, 5.74) is 28.3. The van der Waals surface area contributed by atoms with Gasteiger partial charge >= 0.3 is 5.97 Å². The van der Waals surface area contributed by atoms with Gasteiger partial charge in [-0.1, -0.05) is 97.1 Å². The molecule has 12 N–H and O–H groups in total. The third kappa shape index (κ3) is 11.0. The van der Waals surface area contributed by atoms with Gasteiger partial charge in [-0.05, 0) is 83.6 Å². The van der Waals surface area contributed by atoms with Gasteiger partial charge in [-0.25, -0.2) is 14.8 Å². The van der Waals surface area contributed by atoms with Crippen LogP contribution in [0.4, 0.5) is 34.4 Å². The van der Waals surface area contributed by atoms with Gasteiger partial charge in [0.25, 0.3) is 11.8 Å². The molecule has 0 aliphatic heterocycles. The van der Waals surface area contributed by atoms with Crippen molar-refractivity contribution in [2.24, 2.45) is 7.05 Å². The van der Waals surface area contributed by atoms with E-state index in [1.54, 1.807) is 67.0 Å². The Bertz CT molecular complexity index is 4290. The second-order valence-electron chi connectivity index (χ2n) is 17.6. The Morgan fingerprint density at radius 3 is 1.56 bits per heavy atom. The van der Waals surface area contributed by atoms with Crippen molar-refractivity contribution < 1.29 is 29.3 Å². The number of nitrogens with zero attached hydrogens (tertiary/aromatic N) is 8. The lowest BCUT2D eigenvalue weighted by molar-refractivity contribution is 0.0601. The van der Waals surface area contributed by atoms with Crippen LogP contribution in [0.2, 0.25) is 0 Å². The number of rotatable bonds is 7. The van der Waals surface area contributed by atoms with E-state index < -0.39 is 17.8 Å². The number of aromatic hydroxyl groups is 2. The number of ether oxygens (including phenoxy) is 1. The van der Waals surface area contributed by atoms with Gasteiger partial charge in [0.1, 0.15) is 28.8 Å². The molecule has 80 heavy (non-hydrogen) atoms. The van der Waals surface area contributed by atoms with Crippen LogP contribution in [0.5, 0.6) is 11.5 Å². The number of nitrogens with two attached hydrogens (primary N) is 4. The second-order valence-corrected chi connectivity index (χ2v) is 17.6. The van der Waals surface area contributed by atoms with Crippen LogP contribution in [0.3, 0.4) is 0 Å². The highest BCUT2D eigenvalue weighted by atomic mass is 16.5. The van der Waals surface area contributed by atoms with E-state index in [2.05, 4.69) is 52.2 Å². The molecule has 7 aromatic carbocycles. The molecule has 0 radical (unpaired) electrons. The Hall–Kier alpha value is -11.7. The number of phenols is 2. The van der Waals surface area contributed by atoms with E-state index in [-0.39, 0.29) is 45.4 Å². The maximum atomic E-state index is 12.9. The molecule has 0 atom stereocenters. The molecule has 12 rings (SSSR count). The zero-order valence-corrected chi connectivity index (χ0v) is 42.9. The Kier molecular flexibility index (Phi) is 15.6. The molecule has 5 heterocycles. The summed E-state index contributed by atoms with van der Waals surface area (Å²) in [5.74, 6) is -0.0247. The highest BCUT2D eigenvalue weighted by Gasteiger charge is 2.20. The summed E-state index contributed by atoms with van der Waals surface area (Å²) in [7, 11) is 3.32. The number of methoxy groups -OCH3 is 1. The first kappa shape index (κ1) is 53.1. The average molecular weight is 1060 g/mol. The molecule has 20 heteroatoms. The molecule has 5 aromatic heterocycles. The average Bonchev–Trinajstić information content (AvgIpc) is 4.25. The van der Waals surface area contributed by atoms with Crippen molar-refractivity contribution in [2.75, 3.05) is 40.7 Å². The Morgan fingerprint density at radius 1 is 0.537 bits per heavy atom. The number of anilines is 6. The molecule has 0 saturated carbocycles. The van der Waals surface area contributed by atoms with Crippen molar-refractivity contribution in [3.8, 4) is 29.2 Å². The van der Waals surface area contributed by atoms with Gasteiger partial charge in [0, 0.05) is 63.4 Å². The van der Waals surface area contributed by atoms with Crippen LogP contribution in [0.25, 0.3) is 55.0 Å². The maximum Gasteiger partial charge on any atom is 0.343 e. The number of amides is 2. The Balaban J connectivity index is 0.000000135. The molecule has 0 saturated heterocycles. The van der Waals surface area contributed by atoms with Gasteiger partial charge in [0.15, 0.2) is 23.1 Å². The summed E-state index contributed by atoms with van der Waals surface area (Å²) >= 11 is 0. The van der Waals surface area contributed by atoms with Crippen molar-refractivity contribution in [2.45, 2.75) is 0 Å². The summed E-state index contributed by atoms with van der Waals surface area (Å²) in [5, 5.41) is 48.1. The lowest BCUT2D eigenvalue weighted by Gasteiger charge is -2.11. The number of phenolic OH excluding ortho intramolecular Hbond substituents is 2. The molecule has 12 aromatic rings. The second kappa shape index (κ2) is 23.4. The molecule has 0 fully saturated rings. The molecule has 0 aliphatic rings. The minimum absolute atomic E-state index is 0.152. The fraction of sp³-hybridized carbons (Fsp3) is 0.0333. The van der Waals surface area contributed by atoms with E-state index in [0.29, 0.717) is 34.4 Å². The minimum atomic E-state index is -0.514. The fourth-order valence-corrected chi connectivity index (χ4v) is 8.63. The number of fused-ring (bicyclic) bond motifs is 5. The largest absolute Gasteiger partial charge is 0.505 e. The monoisotopic (exact) mass is 1060 g/mol. The van der Waals surface area contributed by atoms with Crippen molar-refractivity contribution >= 4 is 95.5 Å². The molecular weight excluding hydrogens is 1010 g/mol. The maximum absolute atomic E-state index is 12.9. The van der Waals surface area contributed by atoms with Gasteiger partial charge in [-0.2, -0.15) is 24.8 Å². The van der Waals surface area contributed by atoms with Crippen LogP contribution in [-0.2, 0) is 11.8 Å². The van der Waals surface area contributed by atoms with Crippen molar-refractivity contribution in [1.82, 2.24) is 34.1 Å². The van der Waals surface area contributed by atoms with Crippen LogP contribution in [0.1, 0.15) is 36.6 Å². The van der Waals surface area contributed by atoms with E-state index in [4.69, 9.17) is 28.2 Å². The Morgan fingerprint density at radius 2 is 1.02 bits per heavy atom. The van der Waals surface area contributed by atoms with Crippen LogP contribution in [0.15, 0.2) is 195 Å². The predicted octanol–water partition coefficient (Wildman–Crippen LogP) is 9.76. The molecule has 0 bridgehead atoms. The number of pyridine rings is 2. The number of nitrogens with one attached hydrogen (secondary N) is 2. The number of aryl methyl sites for hydroxylation is 1. The minimum Gasteiger partial charge on any atom is -0.505 e. The van der Waals surface area contributed by atoms with Crippen LogP contribution < -0.4 is 33.6 Å². The summed E-state index contributed by atoms with van der Waals surface area (Å²) in [6.07, 6.45) is 6.04. The summed E-state index contributed by atoms with van der Waals surface area (Å²) in [4.78, 5) is 44.7. The van der Waals surface area contributed by atoms with Crippen LogP contribution >= 0.6 is 0 Å². The van der Waals surface area contributed by atoms with E-state index in [9.17, 15) is 24.6 Å². The lowest BCUT2D eigenvalue weighted by atomic mass is 10.0. The highest BCUT2D eigenvalue weighted by Crippen LogP contribution is 2.36. The zero-order valence-electron chi connectivity index (χ0n) is 42.9. The van der Waals surface area contributed by atoms with Crippen LogP contribution in [-0.4, -0.2) is 69.2 Å². The predicted molar refractivity (Wildman–Crippen MR) is 310 cm³/mol. The lowest BCUT2D eigenvalue weighted by Crippen LogP contribution is -2.12. The summed E-state index contributed by atoms with van der Waals surface area (Å²) in [6, 6.07) is 53.7. The van der Waals surface area contributed by atoms with Gasteiger partial charge in [0.05, 0.1) is 42.0 Å². The molecule has 20 nitrogen and oxygen atoms in total. The SMILES string of the molecule is COC(=O)c1cnn(-c2ccccn2)c1N.Cn1c2ccccc2c2cc(NC(=O)c3cc4ccccc4c(N)c3O)ccc21.N#Cc1cnn(-c2ccccn2)c1N.Nc1c(O)c(C(=O)Nc2ccccc2)cc2ccccc12. The number of nitriles is 1. The van der Waals surface area contributed by atoms with E-state index in [0.717, 1.165) is 43.4 Å². The van der Waals surface area contributed by atoms with E-state index >= 15 is 0 Å². The van der Waals surface area contributed by atoms with E-state index in [1.165, 1.54) is 28.9 Å².